The number of carboxylic acids is 1. The fourth-order valence-corrected chi connectivity index (χ4v) is 1.35. The lowest BCUT2D eigenvalue weighted by atomic mass is 10.0. The predicted molar refractivity (Wildman–Crippen MR) is 48.8 cm³/mol. The number of pyridine rings is 1. The van der Waals surface area contributed by atoms with Gasteiger partial charge >= 0.3 is 5.97 Å². The van der Waals surface area contributed by atoms with E-state index in [0.29, 0.717) is 0 Å². The van der Waals surface area contributed by atoms with Crippen molar-refractivity contribution in [3.8, 4) is 0 Å². The quantitative estimate of drug-likeness (QED) is 0.802. The minimum Gasteiger partial charge on any atom is -0.478 e. The van der Waals surface area contributed by atoms with Crippen LogP contribution in [0.4, 0.5) is 8.78 Å². The summed E-state index contributed by atoms with van der Waals surface area (Å²) < 4.78 is 25.3. The number of alkyl halides is 2. The monoisotopic (exact) mass is 216 g/mol. The van der Waals surface area contributed by atoms with Gasteiger partial charge in [-0.2, -0.15) is 0 Å². The SMILES string of the molecule is Cc1ncc(CN)c(C(F)F)c1C(=O)O. The van der Waals surface area contributed by atoms with Crippen LogP contribution in [0.25, 0.3) is 0 Å². The number of aromatic carboxylic acids is 1. The molecule has 0 unspecified atom stereocenters. The van der Waals surface area contributed by atoms with E-state index in [2.05, 4.69) is 4.98 Å². The first-order valence-corrected chi connectivity index (χ1v) is 4.19. The fourth-order valence-electron chi connectivity index (χ4n) is 1.35. The average Bonchev–Trinajstić information content (AvgIpc) is 2.16. The molecule has 1 aromatic rings. The number of rotatable bonds is 3. The highest BCUT2D eigenvalue weighted by Gasteiger charge is 2.24. The van der Waals surface area contributed by atoms with Gasteiger partial charge in [0.25, 0.3) is 6.43 Å². The topological polar surface area (TPSA) is 76.2 Å². The second kappa shape index (κ2) is 4.31. The zero-order valence-corrected chi connectivity index (χ0v) is 8.00. The number of aromatic nitrogens is 1. The van der Waals surface area contributed by atoms with Gasteiger partial charge in [0.1, 0.15) is 0 Å². The van der Waals surface area contributed by atoms with E-state index in [-0.39, 0.29) is 17.8 Å². The Kier molecular flexibility index (Phi) is 3.31. The van der Waals surface area contributed by atoms with Crippen LogP contribution < -0.4 is 5.73 Å². The summed E-state index contributed by atoms with van der Waals surface area (Å²) in [5.74, 6) is -1.41. The maximum atomic E-state index is 12.7. The number of halogens is 2. The molecule has 0 amide bonds. The maximum absolute atomic E-state index is 12.7. The standard InChI is InChI=1S/C9H10F2N2O2/c1-4-6(9(14)15)7(8(10)11)5(2-12)3-13-4/h3,8H,2,12H2,1H3,(H,14,15). The second-order valence-corrected chi connectivity index (χ2v) is 2.97. The molecule has 0 aliphatic carbocycles. The summed E-state index contributed by atoms with van der Waals surface area (Å²) in [7, 11) is 0. The lowest BCUT2D eigenvalue weighted by Gasteiger charge is -2.11. The number of nitrogens with zero attached hydrogens (tertiary/aromatic N) is 1. The average molecular weight is 216 g/mol. The van der Waals surface area contributed by atoms with Gasteiger partial charge in [0.2, 0.25) is 0 Å². The van der Waals surface area contributed by atoms with Crippen molar-refractivity contribution < 1.29 is 18.7 Å². The van der Waals surface area contributed by atoms with E-state index in [1.165, 1.54) is 13.1 Å². The summed E-state index contributed by atoms with van der Waals surface area (Å²) in [5, 5.41) is 8.80. The molecule has 0 fully saturated rings. The van der Waals surface area contributed by atoms with Gasteiger partial charge in [-0.3, -0.25) is 4.98 Å². The molecule has 0 spiro atoms. The lowest BCUT2D eigenvalue weighted by Crippen LogP contribution is -2.13. The Bertz CT molecular complexity index is 394. The van der Waals surface area contributed by atoms with Crippen LogP contribution in [-0.2, 0) is 6.54 Å². The minimum absolute atomic E-state index is 0.0630. The first-order chi connectivity index (χ1) is 6.99. The Labute approximate surface area is 84.7 Å². The van der Waals surface area contributed by atoms with Gasteiger partial charge in [-0.1, -0.05) is 0 Å². The summed E-state index contributed by atoms with van der Waals surface area (Å²) in [4.78, 5) is 14.5. The van der Waals surface area contributed by atoms with Gasteiger partial charge in [0.15, 0.2) is 0 Å². The van der Waals surface area contributed by atoms with Crippen LogP contribution in [0, 0.1) is 6.92 Å². The van der Waals surface area contributed by atoms with Gasteiger partial charge in [-0.25, -0.2) is 13.6 Å². The number of hydrogen-bond donors (Lipinski definition) is 2. The Morgan fingerprint density at radius 1 is 1.67 bits per heavy atom. The van der Waals surface area contributed by atoms with Gasteiger partial charge in [0.05, 0.1) is 11.3 Å². The second-order valence-electron chi connectivity index (χ2n) is 2.97. The molecule has 0 aliphatic rings. The fraction of sp³-hybridized carbons (Fsp3) is 0.333. The van der Waals surface area contributed by atoms with Gasteiger partial charge in [-0.05, 0) is 12.5 Å². The van der Waals surface area contributed by atoms with E-state index in [1.807, 2.05) is 0 Å². The molecule has 15 heavy (non-hydrogen) atoms. The molecule has 6 heteroatoms. The van der Waals surface area contributed by atoms with Gasteiger partial charge in [-0.15, -0.1) is 0 Å². The third-order valence-electron chi connectivity index (χ3n) is 2.04. The normalized spacial score (nSPS) is 10.7. The van der Waals surface area contributed by atoms with Gasteiger partial charge < -0.3 is 10.8 Å². The first-order valence-electron chi connectivity index (χ1n) is 4.19. The van der Waals surface area contributed by atoms with Crippen molar-refractivity contribution in [2.24, 2.45) is 5.73 Å². The van der Waals surface area contributed by atoms with Crippen molar-refractivity contribution in [1.82, 2.24) is 4.98 Å². The number of hydrogen-bond acceptors (Lipinski definition) is 3. The van der Waals surface area contributed by atoms with Crippen LogP contribution >= 0.6 is 0 Å². The van der Waals surface area contributed by atoms with Crippen molar-refractivity contribution >= 4 is 5.97 Å². The zero-order chi connectivity index (χ0) is 11.6. The number of carboxylic acid groups (broad SMARTS) is 1. The Morgan fingerprint density at radius 2 is 2.27 bits per heavy atom. The van der Waals surface area contributed by atoms with E-state index < -0.39 is 23.5 Å². The van der Waals surface area contributed by atoms with E-state index in [0.717, 1.165) is 0 Å². The Hall–Kier alpha value is -1.56. The van der Waals surface area contributed by atoms with E-state index in [1.54, 1.807) is 0 Å². The van der Waals surface area contributed by atoms with E-state index >= 15 is 0 Å². The number of nitrogens with two attached hydrogens (primary N) is 1. The van der Waals surface area contributed by atoms with Crippen molar-refractivity contribution in [2.45, 2.75) is 19.9 Å². The molecule has 1 aromatic heterocycles. The smallest absolute Gasteiger partial charge is 0.338 e. The van der Waals surface area contributed by atoms with Crippen molar-refractivity contribution in [1.29, 1.82) is 0 Å². The maximum Gasteiger partial charge on any atom is 0.338 e. The van der Waals surface area contributed by atoms with Crippen LogP contribution in [0.15, 0.2) is 6.20 Å². The minimum atomic E-state index is -2.86. The number of aryl methyl sites for hydroxylation is 1. The molecule has 0 saturated heterocycles. The molecule has 0 bridgehead atoms. The molecule has 0 atom stereocenters. The van der Waals surface area contributed by atoms with E-state index in [4.69, 9.17) is 10.8 Å². The zero-order valence-electron chi connectivity index (χ0n) is 8.00. The highest BCUT2D eigenvalue weighted by molar-refractivity contribution is 5.91. The first kappa shape index (κ1) is 11.5. The van der Waals surface area contributed by atoms with Gasteiger partial charge in [0, 0.05) is 18.3 Å². The predicted octanol–water partition coefficient (Wildman–Crippen LogP) is 1.48. The summed E-state index contributed by atoms with van der Waals surface area (Å²) >= 11 is 0. The summed E-state index contributed by atoms with van der Waals surface area (Å²) in [5.41, 5.74) is 4.39. The highest BCUT2D eigenvalue weighted by atomic mass is 19.3. The van der Waals surface area contributed by atoms with Crippen LogP contribution in [-0.4, -0.2) is 16.1 Å². The molecular weight excluding hydrogens is 206 g/mol. The third-order valence-corrected chi connectivity index (χ3v) is 2.04. The molecule has 1 rings (SSSR count). The molecule has 82 valence electrons. The van der Waals surface area contributed by atoms with Crippen molar-refractivity contribution in [2.75, 3.05) is 0 Å². The Balaban J connectivity index is 3.51. The third kappa shape index (κ3) is 2.10. The molecule has 0 saturated carbocycles. The molecule has 4 nitrogen and oxygen atoms in total. The van der Waals surface area contributed by atoms with Crippen LogP contribution in [0.2, 0.25) is 0 Å². The van der Waals surface area contributed by atoms with Crippen molar-refractivity contribution in [3.05, 3.63) is 28.6 Å². The molecular formula is C9H10F2N2O2. The molecule has 0 aromatic carbocycles. The number of carbonyl (C=O) groups is 1. The molecule has 1 heterocycles. The summed E-state index contributed by atoms with van der Waals surface area (Å²) in [6.45, 7) is 1.21. The molecule has 0 radical (unpaired) electrons. The van der Waals surface area contributed by atoms with Crippen LogP contribution in [0.5, 0.6) is 0 Å². The summed E-state index contributed by atoms with van der Waals surface area (Å²) in [6.07, 6.45) is -1.68. The molecule has 0 aliphatic heterocycles. The van der Waals surface area contributed by atoms with Crippen molar-refractivity contribution in [3.63, 3.8) is 0 Å². The largest absolute Gasteiger partial charge is 0.478 e. The summed E-state index contributed by atoms with van der Waals surface area (Å²) in [6, 6.07) is 0. The van der Waals surface area contributed by atoms with Crippen LogP contribution in [0.1, 0.15) is 33.6 Å². The highest BCUT2D eigenvalue weighted by Crippen LogP contribution is 2.27. The Morgan fingerprint density at radius 3 is 2.67 bits per heavy atom. The molecule has 3 N–H and O–H groups in total. The lowest BCUT2D eigenvalue weighted by molar-refractivity contribution is 0.0682. The van der Waals surface area contributed by atoms with Crippen LogP contribution in [0.3, 0.4) is 0 Å². The van der Waals surface area contributed by atoms with E-state index in [9.17, 15) is 13.6 Å².